The zero-order valence-electron chi connectivity index (χ0n) is 14.2. The highest BCUT2D eigenvalue weighted by Gasteiger charge is 2.28. The molecule has 0 bridgehead atoms. The number of nitrogens with two attached hydrogens (primary N) is 1. The number of carbonyl (C=O) groups is 1. The van der Waals surface area contributed by atoms with Crippen molar-refractivity contribution in [2.24, 2.45) is 5.73 Å². The van der Waals surface area contributed by atoms with Gasteiger partial charge in [-0.05, 0) is 49.2 Å². The van der Waals surface area contributed by atoms with Crippen molar-refractivity contribution >= 4 is 34.0 Å². The van der Waals surface area contributed by atoms with Crippen LogP contribution in [0.5, 0.6) is 0 Å². The molecule has 0 spiro atoms. The number of rotatable bonds is 5. The molecule has 8 heteroatoms. The third-order valence-corrected chi connectivity index (χ3v) is 5.74. The van der Waals surface area contributed by atoms with E-state index in [0.29, 0.717) is 24.3 Å². The molecular weight excluding hydrogens is 374 g/mol. The predicted molar refractivity (Wildman–Crippen MR) is 104 cm³/mol. The van der Waals surface area contributed by atoms with E-state index in [1.165, 1.54) is 12.1 Å². The summed E-state index contributed by atoms with van der Waals surface area (Å²) in [5.41, 5.74) is 6.66. The third kappa shape index (κ3) is 4.35. The van der Waals surface area contributed by atoms with Crippen molar-refractivity contribution in [2.75, 3.05) is 17.8 Å². The van der Waals surface area contributed by atoms with Crippen molar-refractivity contribution < 1.29 is 13.2 Å². The van der Waals surface area contributed by atoms with Crippen molar-refractivity contribution in [3.8, 4) is 0 Å². The number of benzene rings is 2. The highest BCUT2D eigenvalue weighted by molar-refractivity contribution is 7.92. The van der Waals surface area contributed by atoms with Crippen LogP contribution in [-0.4, -0.2) is 38.4 Å². The summed E-state index contributed by atoms with van der Waals surface area (Å²) in [6, 6.07) is 14.7. The Labute approximate surface area is 159 Å². The van der Waals surface area contributed by atoms with Crippen LogP contribution in [0.4, 0.5) is 5.69 Å². The van der Waals surface area contributed by atoms with Gasteiger partial charge in [-0.3, -0.25) is 9.52 Å². The van der Waals surface area contributed by atoms with Gasteiger partial charge in [-0.1, -0.05) is 18.2 Å². The van der Waals surface area contributed by atoms with Crippen LogP contribution in [0.25, 0.3) is 0 Å². The van der Waals surface area contributed by atoms with Gasteiger partial charge >= 0.3 is 0 Å². The van der Waals surface area contributed by atoms with Gasteiger partial charge in [0, 0.05) is 30.4 Å². The second-order valence-corrected chi connectivity index (χ2v) is 7.71. The molecule has 0 aliphatic carbocycles. The SMILES string of the molecule is Cl.NCC1CCCN1C(=O)c1ccc(NS(=O)(=O)c2ccccc2)cc1. The largest absolute Gasteiger partial charge is 0.334 e. The summed E-state index contributed by atoms with van der Waals surface area (Å²) >= 11 is 0. The van der Waals surface area contributed by atoms with E-state index in [2.05, 4.69) is 4.72 Å². The Morgan fingerprint density at radius 3 is 2.38 bits per heavy atom. The van der Waals surface area contributed by atoms with Gasteiger partial charge in [-0.2, -0.15) is 0 Å². The summed E-state index contributed by atoms with van der Waals surface area (Å²) in [5.74, 6) is -0.0644. The number of hydrogen-bond acceptors (Lipinski definition) is 4. The average molecular weight is 396 g/mol. The molecule has 2 aromatic carbocycles. The average Bonchev–Trinajstić information content (AvgIpc) is 3.11. The standard InChI is InChI=1S/C18H21N3O3S.ClH/c19-13-16-5-4-12-21(16)18(22)14-8-10-15(11-9-14)20-25(23,24)17-6-2-1-3-7-17;/h1-3,6-11,16,20H,4-5,12-13,19H2;1H. The van der Waals surface area contributed by atoms with Crippen LogP contribution in [-0.2, 0) is 10.0 Å². The molecule has 6 nitrogen and oxygen atoms in total. The topological polar surface area (TPSA) is 92.5 Å². The van der Waals surface area contributed by atoms with E-state index in [1.54, 1.807) is 47.4 Å². The zero-order valence-corrected chi connectivity index (χ0v) is 15.8. The highest BCUT2D eigenvalue weighted by atomic mass is 35.5. The first-order valence-electron chi connectivity index (χ1n) is 8.20. The number of nitrogens with one attached hydrogen (secondary N) is 1. The van der Waals surface area contributed by atoms with Gasteiger partial charge in [-0.25, -0.2) is 8.42 Å². The molecule has 1 saturated heterocycles. The smallest absolute Gasteiger partial charge is 0.261 e. The van der Waals surface area contributed by atoms with E-state index in [1.807, 2.05) is 0 Å². The Hall–Kier alpha value is -2.09. The minimum absolute atomic E-state index is 0. The van der Waals surface area contributed by atoms with E-state index in [9.17, 15) is 13.2 Å². The number of nitrogens with zero attached hydrogens (tertiary/aromatic N) is 1. The fraction of sp³-hybridized carbons (Fsp3) is 0.278. The normalized spacial score (nSPS) is 16.8. The number of likely N-dealkylation sites (tertiary alicyclic amines) is 1. The molecule has 140 valence electrons. The molecule has 0 radical (unpaired) electrons. The molecule has 1 heterocycles. The monoisotopic (exact) mass is 395 g/mol. The molecule has 3 N–H and O–H groups in total. The van der Waals surface area contributed by atoms with Gasteiger partial charge in [0.1, 0.15) is 0 Å². The Bertz CT molecular complexity index is 842. The molecule has 0 aromatic heterocycles. The zero-order chi connectivity index (χ0) is 17.9. The van der Waals surface area contributed by atoms with Crippen LogP contribution in [0.15, 0.2) is 59.5 Å². The summed E-state index contributed by atoms with van der Waals surface area (Å²) in [6.07, 6.45) is 1.89. The molecule has 0 saturated carbocycles. The maximum Gasteiger partial charge on any atom is 0.261 e. The van der Waals surface area contributed by atoms with Gasteiger partial charge in [0.2, 0.25) is 0 Å². The highest BCUT2D eigenvalue weighted by Crippen LogP contribution is 2.21. The second kappa shape index (κ2) is 8.53. The minimum Gasteiger partial charge on any atom is -0.334 e. The van der Waals surface area contributed by atoms with Crippen LogP contribution in [0.2, 0.25) is 0 Å². The van der Waals surface area contributed by atoms with Gasteiger partial charge in [-0.15, -0.1) is 12.4 Å². The molecule has 1 aliphatic heterocycles. The number of anilines is 1. The summed E-state index contributed by atoms with van der Waals surface area (Å²) in [4.78, 5) is 14.6. The van der Waals surface area contributed by atoms with E-state index >= 15 is 0 Å². The van der Waals surface area contributed by atoms with E-state index in [0.717, 1.165) is 12.8 Å². The van der Waals surface area contributed by atoms with Crippen LogP contribution in [0.3, 0.4) is 0 Å². The lowest BCUT2D eigenvalue weighted by atomic mass is 10.1. The Morgan fingerprint density at radius 2 is 1.77 bits per heavy atom. The van der Waals surface area contributed by atoms with Gasteiger partial charge < -0.3 is 10.6 Å². The molecule has 26 heavy (non-hydrogen) atoms. The predicted octanol–water partition coefficient (Wildman–Crippen LogP) is 2.47. The van der Waals surface area contributed by atoms with E-state index < -0.39 is 10.0 Å². The molecule has 1 atom stereocenters. The molecule has 3 rings (SSSR count). The minimum atomic E-state index is -3.64. The van der Waals surface area contributed by atoms with Gasteiger partial charge in [0.05, 0.1) is 4.90 Å². The maximum atomic E-state index is 12.6. The lowest BCUT2D eigenvalue weighted by molar-refractivity contribution is 0.0741. The molecule has 1 fully saturated rings. The molecule has 1 unspecified atom stereocenters. The third-order valence-electron chi connectivity index (χ3n) is 4.35. The van der Waals surface area contributed by atoms with Crippen molar-refractivity contribution in [1.29, 1.82) is 0 Å². The molecule has 1 amide bonds. The second-order valence-electron chi connectivity index (χ2n) is 6.03. The fourth-order valence-corrected chi connectivity index (χ4v) is 4.09. The van der Waals surface area contributed by atoms with Gasteiger partial charge in [0.15, 0.2) is 0 Å². The summed E-state index contributed by atoms with van der Waals surface area (Å²) < 4.78 is 27.1. The lowest BCUT2D eigenvalue weighted by Crippen LogP contribution is -2.39. The van der Waals surface area contributed by atoms with Crippen molar-refractivity contribution in [1.82, 2.24) is 4.90 Å². The van der Waals surface area contributed by atoms with E-state index in [-0.39, 0.29) is 29.3 Å². The van der Waals surface area contributed by atoms with E-state index in [4.69, 9.17) is 5.73 Å². The number of halogens is 1. The Balaban J connectivity index is 0.00000243. The van der Waals surface area contributed by atoms with Crippen LogP contribution >= 0.6 is 12.4 Å². The number of carbonyl (C=O) groups excluding carboxylic acids is 1. The molecule has 1 aliphatic rings. The fourth-order valence-electron chi connectivity index (χ4n) is 3.01. The first kappa shape index (κ1) is 20.2. The van der Waals surface area contributed by atoms with Crippen LogP contribution in [0.1, 0.15) is 23.2 Å². The molecule has 2 aromatic rings. The van der Waals surface area contributed by atoms with Crippen molar-refractivity contribution in [3.63, 3.8) is 0 Å². The van der Waals surface area contributed by atoms with Crippen LogP contribution < -0.4 is 10.5 Å². The first-order chi connectivity index (χ1) is 12.0. The Morgan fingerprint density at radius 1 is 1.12 bits per heavy atom. The number of sulfonamides is 1. The summed E-state index contributed by atoms with van der Waals surface area (Å²) in [5, 5.41) is 0. The first-order valence-corrected chi connectivity index (χ1v) is 9.68. The quantitative estimate of drug-likeness (QED) is 0.813. The number of hydrogen-bond donors (Lipinski definition) is 2. The lowest BCUT2D eigenvalue weighted by Gasteiger charge is -2.23. The Kier molecular flexibility index (Phi) is 6.63. The number of amides is 1. The van der Waals surface area contributed by atoms with Crippen molar-refractivity contribution in [2.45, 2.75) is 23.8 Å². The summed E-state index contributed by atoms with van der Waals surface area (Å²) in [7, 11) is -3.64. The van der Waals surface area contributed by atoms with Gasteiger partial charge in [0.25, 0.3) is 15.9 Å². The summed E-state index contributed by atoms with van der Waals surface area (Å²) in [6.45, 7) is 1.17. The molecular formula is C18H22ClN3O3S. The van der Waals surface area contributed by atoms with Crippen LogP contribution in [0, 0.1) is 0 Å². The maximum absolute atomic E-state index is 12.6. The van der Waals surface area contributed by atoms with Crippen molar-refractivity contribution in [3.05, 3.63) is 60.2 Å².